The standard InChI is InChI=1S/C11H17BO5/c1-7(2)8-5-11(17-12(13)14)10(16-4)6-9(8)15-3/h5-7,13-14H,1-4H3. The second kappa shape index (κ2) is 5.79. The molecule has 0 saturated carbocycles. The summed E-state index contributed by atoms with van der Waals surface area (Å²) in [4.78, 5) is 0. The minimum atomic E-state index is -1.88. The molecule has 0 saturated heterocycles. The van der Waals surface area contributed by atoms with Crippen LogP contribution in [0, 0.1) is 0 Å². The second-order valence-electron chi connectivity index (χ2n) is 3.84. The molecule has 6 heteroatoms. The Morgan fingerprint density at radius 2 is 1.59 bits per heavy atom. The van der Waals surface area contributed by atoms with Gasteiger partial charge < -0.3 is 24.2 Å². The van der Waals surface area contributed by atoms with Crippen molar-refractivity contribution in [1.29, 1.82) is 0 Å². The molecule has 94 valence electrons. The largest absolute Gasteiger partial charge is 0.707 e. The van der Waals surface area contributed by atoms with Gasteiger partial charge in [0.15, 0.2) is 5.75 Å². The van der Waals surface area contributed by atoms with E-state index in [1.54, 1.807) is 19.2 Å². The molecule has 0 aliphatic rings. The lowest BCUT2D eigenvalue weighted by molar-refractivity contribution is 0.278. The topological polar surface area (TPSA) is 68.2 Å². The van der Waals surface area contributed by atoms with E-state index in [4.69, 9.17) is 24.2 Å². The molecule has 0 unspecified atom stereocenters. The molecular formula is C11H17BO5. The fourth-order valence-electron chi connectivity index (χ4n) is 1.55. The Kier molecular flexibility index (Phi) is 4.66. The SMILES string of the molecule is COc1cc(OC)c(C(C)C)cc1OB(O)O. The Labute approximate surface area is 101 Å². The number of hydrogen-bond donors (Lipinski definition) is 2. The molecule has 0 aliphatic heterocycles. The zero-order valence-electron chi connectivity index (χ0n) is 10.4. The Bertz CT molecular complexity index is 378. The van der Waals surface area contributed by atoms with E-state index in [-0.39, 0.29) is 11.7 Å². The minimum absolute atomic E-state index is 0.217. The highest BCUT2D eigenvalue weighted by atomic mass is 16.6. The van der Waals surface area contributed by atoms with E-state index in [0.29, 0.717) is 11.5 Å². The monoisotopic (exact) mass is 240 g/mol. The van der Waals surface area contributed by atoms with E-state index in [1.165, 1.54) is 7.11 Å². The summed E-state index contributed by atoms with van der Waals surface area (Å²) < 4.78 is 15.2. The van der Waals surface area contributed by atoms with Gasteiger partial charge in [-0.05, 0) is 12.0 Å². The Morgan fingerprint density at radius 1 is 1.00 bits per heavy atom. The van der Waals surface area contributed by atoms with Crippen molar-refractivity contribution in [1.82, 2.24) is 0 Å². The molecule has 0 heterocycles. The highest BCUT2D eigenvalue weighted by Gasteiger charge is 2.19. The Morgan fingerprint density at radius 3 is 2.00 bits per heavy atom. The summed E-state index contributed by atoms with van der Waals surface area (Å²) in [6.45, 7) is 4.01. The van der Waals surface area contributed by atoms with Crippen molar-refractivity contribution in [3.8, 4) is 17.2 Å². The van der Waals surface area contributed by atoms with Crippen LogP contribution in [0.3, 0.4) is 0 Å². The van der Waals surface area contributed by atoms with Crippen LogP contribution >= 0.6 is 0 Å². The first-order valence-corrected chi connectivity index (χ1v) is 5.28. The van der Waals surface area contributed by atoms with Gasteiger partial charge in [0, 0.05) is 11.6 Å². The van der Waals surface area contributed by atoms with Gasteiger partial charge in [0.05, 0.1) is 14.2 Å². The zero-order valence-corrected chi connectivity index (χ0v) is 10.4. The first-order chi connectivity index (χ1) is 7.99. The molecule has 2 N–H and O–H groups in total. The van der Waals surface area contributed by atoms with Gasteiger partial charge in [0.25, 0.3) is 0 Å². The lowest BCUT2D eigenvalue weighted by Crippen LogP contribution is -2.21. The van der Waals surface area contributed by atoms with Crippen molar-refractivity contribution >= 4 is 7.32 Å². The fourth-order valence-corrected chi connectivity index (χ4v) is 1.55. The number of ether oxygens (including phenoxy) is 2. The van der Waals surface area contributed by atoms with Gasteiger partial charge in [-0.1, -0.05) is 13.8 Å². The van der Waals surface area contributed by atoms with Gasteiger partial charge in [-0.15, -0.1) is 0 Å². The normalized spacial score (nSPS) is 10.3. The first kappa shape index (κ1) is 13.7. The third-order valence-corrected chi connectivity index (χ3v) is 2.37. The molecule has 0 radical (unpaired) electrons. The molecule has 17 heavy (non-hydrogen) atoms. The van der Waals surface area contributed by atoms with Crippen LogP contribution in [0.25, 0.3) is 0 Å². The zero-order chi connectivity index (χ0) is 13.0. The van der Waals surface area contributed by atoms with Gasteiger partial charge in [0.1, 0.15) is 11.5 Å². The summed E-state index contributed by atoms with van der Waals surface area (Å²) in [7, 11) is 1.17. The van der Waals surface area contributed by atoms with Crippen molar-refractivity contribution in [2.45, 2.75) is 19.8 Å². The molecule has 0 bridgehead atoms. The van der Waals surface area contributed by atoms with Gasteiger partial charge >= 0.3 is 7.32 Å². The third kappa shape index (κ3) is 3.28. The van der Waals surface area contributed by atoms with Crippen LogP contribution in [0.2, 0.25) is 0 Å². The molecule has 0 fully saturated rings. The average Bonchev–Trinajstić information content (AvgIpc) is 2.27. The lowest BCUT2D eigenvalue weighted by Gasteiger charge is -2.17. The van der Waals surface area contributed by atoms with E-state index < -0.39 is 7.32 Å². The van der Waals surface area contributed by atoms with E-state index >= 15 is 0 Å². The van der Waals surface area contributed by atoms with Crippen molar-refractivity contribution < 1.29 is 24.2 Å². The van der Waals surface area contributed by atoms with Gasteiger partial charge in [-0.25, -0.2) is 0 Å². The summed E-state index contributed by atoms with van der Waals surface area (Å²) in [5, 5.41) is 17.7. The maximum Gasteiger partial charge on any atom is 0.707 e. The van der Waals surface area contributed by atoms with Gasteiger partial charge in [0.2, 0.25) is 0 Å². The van der Waals surface area contributed by atoms with Gasteiger partial charge in [-0.2, -0.15) is 0 Å². The molecule has 0 aromatic heterocycles. The summed E-state index contributed by atoms with van der Waals surface area (Å²) in [6.07, 6.45) is 0. The van der Waals surface area contributed by atoms with Crippen LogP contribution in [0.15, 0.2) is 12.1 Å². The first-order valence-electron chi connectivity index (χ1n) is 5.28. The predicted octanol–water partition coefficient (Wildman–Crippen LogP) is 1.18. The van der Waals surface area contributed by atoms with Crippen LogP contribution in [-0.4, -0.2) is 31.6 Å². The maximum atomic E-state index is 8.83. The third-order valence-electron chi connectivity index (χ3n) is 2.37. The highest BCUT2D eigenvalue weighted by molar-refractivity contribution is 6.33. The average molecular weight is 240 g/mol. The molecule has 5 nitrogen and oxygen atoms in total. The second-order valence-corrected chi connectivity index (χ2v) is 3.84. The molecule has 0 aliphatic carbocycles. The van der Waals surface area contributed by atoms with E-state index in [2.05, 4.69) is 0 Å². The van der Waals surface area contributed by atoms with Crippen molar-refractivity contribution in [3.63, 3.8) is 0 Å². The molecule has 0 amide bonds. The van der Waals surface area contributed by atoms with Crippen molar-refractivity contribution in [3.05, 3.63) is 17.7 Å². The van der Waals surface area contributed by atoms with Gasteiger partial charge in [-0.3, -0.25) is 0 Å². The van der Waals surface area contributed by atoms with E-state index in [0.717, 1.165) is 5.56 Å². The maximum absolute atomic E-state index is 8.83. The summed E-state index contributed by atoms with van der Waals surface area (Å²) >= 11 is 0. The number of benzene rings is 1. The Hall–Kier alpha value is -1.40. The summed E-state index contributed by atoms with van der Waals surface area (Å²) in [6, 6.07) is 3.34. The van der Waals surface area contributed by atoms with Crippen molar-refractivity contribution in [2.75, 3.05) is 14.2 Å². The number of hydrogen-bond acceptors (Lipinski definition) is 5. The molecule has 0 spiro atoms. The lowest BCUT2D eigenvalue weighted by atomic mass is 10.0. The van der Waals surface area contributed by atoms with E-state index in [1.807, 2.05) is 13.8 Å². The number of methoxy groups -OCH3 is 2. The van der Waals surface area contributed by atoms with Crippen LogP contribution < -0.4 is 14.1 Å². The summed E-state index contributed by atoms with van der Waals surface area (Å²) in [5.74, 6) is 1.55. The quantitative estimate of drug-likeness (QED) is 0.756. The minimum Gasteiger partial charge on any atom is -0.509 e. The van der Waals surface area contributed by atoms with Crippen LogP contribution in [0.5, 0.6) is 17.2 Å². The number of rotatable bonds is 5. The fraction of sp³-hybridized carbons (Fsp3) is 0.455. The highest BCUT2D eigenvalue weighted by Crippen LogP contribution is 2.38. The molecular weight excluding hydrogens is 223 g/mol. The van der Waals surface area contributed by atoms with Crippen LogP contribution in [0.1, 0.15) is 25.3 Å². The van der Waals surface area contributed by atoms with Crippen LogP contribution in [-0.2, 0) is 0 Å². The molecule has 0 atom stereocenters. The van der Waals surface area contributed by atoms with Crippen molar-refractivity contribution in [2.24, 2.45) is 0 Å². The smallest absolute Gasteiger partial charge is 0.509 e. The molecule has 1 rings (SSSR count). The predicted molar refractivity (Wildman–Crippen MR) is 64.5 cm³/mol. The Balaban J connectivity index is 3.23. The van der Waals surface area contributed by atoms with E-state index in [9.17, 15) is 0 Å². The molecule has 1 aromatic rings. The summed E-state index contributed by atoms with van der Waals surface area (Å²) in [5.41, 5.74) is 0.906. The van der Waals surface area contributed by atoms with Crippen LogP contribution in [0.4, 0.5) is 0 Å². The molecule has 1 aromatic carbocycles.